The topological polar surface area (TPSA) is 66.9 Å². The Balaban J connectivity index is 1.42. The van der Waals surface area contributed by atoms with Crippen molar-refractivity contribution in [2.75, 3.05) is 10.6 Å². The van der Waals surface area contributed by atoms with Crippen molar-refractivity contribution in [3.63, 3.8) is 0 Å². The minimum absolute atomic E-state index is 0.0573. The van der Waals surface area contributed by atoms with E-state index >= 15 is 0 Å². The Bertz CT molecular complexity index is 1410. The van der Waals surface area contributed by atoms with Crippen LogP contribution in [0.15, 0.2) is 79.1 Å². The molecule has 1 aromatic heterocycles. The summed E-state index contributed by atoms with van der Waals surface area (Å²) in [5.41, 5.74) is 3.24. The molecule has 0 aliphatic rings. The van der Waals surface area contributed by atoms with E-state index in [-0.39, 0.29) is 30.4 Å². The van der Waals surface area contributed by atoms with Gasteiger partial charge >= 0.3 is 0 Å². The highest BCUT2D eigenvalue weighted by Gasteiger charge is 2.28. The number of hydrogen-bond acceptors (Lipinski definition) is 4. The lowest BCUT2D eigenvalue weighted by Gasteiger charge is -2.18. The second-order valence-electron chi connectivity index (χ2n) is 8.84. The van der Waals surface area contributed by atoms with Crippen molar-refractivity contribution in [1.29, 1.82) is 0 Å². The molecule has 1 unspecified atom stereocenters. The lowest BCUT2D eigenvalue weighted by Crippen LogP contribution is -2.15. The van der Waals surface area contributed by atoms with Crippen molar-refractivity contribution in [2.24, 2.45) is 0 Å². The van der Waals surface area contributed by atoms with Gasteiger partial charge in [-0.3, -0.25) is 9.78 Å². The van der Waals surface area contributed by atoms with Crippen LogP contribution >= 0.6 is 11.6 Å². The molecule has 5 nitrogen and oxygen atoms in total. The third-order valence-electron chi connectivity index (χ3n) is 6.11. The minimum Gasteiger partial charge on any atom is -0.362 e. The van der Waals surface area contributed by atoms with Gasteiger partial charge in [-0.05, 0) is 42.3 Å². The minimum atomic E-state index is -2.88. The molecule has 196 valence electrons. The fourth-order valence-electron chi connectivity index (χ4n) is 3.96. The van der Waals surface area contributed by atoms with Crippen LogP contribution in [0.25, 0.3) is 11.3 Å². The molecule has 0 aliphatic heterocycles. The maximum Gasteiger partial charge on any atom is 0.273 e. The van der Waals surface area contributed by atoms with E-state index in [0.29, 0.717) is 27.8 Å². The fourth-order valence-corrected chi connectivity index (χ4v) is 4.29. The van der Waals surface area contributed by atoms with E-state index < -0.39 is 11.7 Å². The molecule has 0 bridgehead atoms. The van der Waals surface area contributed by atoms with Gasteiger partial charge in [0.2, 0.25) is 5.91 Å². The predicted octanol–water partition coefficient (Wildman–Crippen LogP) is 7.79. The Morgan fingerprint density at radius 3 is 2.34 bits per heavy atom. The van der Waals surface area contributed by atoms with Gasteiger partial charge in [-0.15, -0.1) is 0 Å². The average Bonchev–Trinajstić information content (AvgIpc) is 2.89. The zero-order chi connectivity index (χ0) is 27.3. The molecule has 4 rings (SSSR count). The first-order valence-electron chi connectivity index (χ1n) is 12.1. The van der Waals surface area contributed by atoms with Crippen LogP contribution in [0.3, 0.4) is 0 Å². The number of anilines is 2. The first kappa shape index (κ1) is 27.1. The molecular formula is C29H26ClF3N4O. The number of amides is 1. The Kier molecular flexibility index (Phi) is 8.32. The maximum absolute atomic E-state index is 13.8. The summed E-state index contributed by atoms with van der Waals surface area (Å²) in [5, 5.41) is 6.41. The van der Waals surface area contributed by atoms with Crippen LogP contribution in [0.2, 0.25) is 5.02 Å². The van der Waals surface area contributed by atoms with E-state index in [9.17, 15) is 18.0 Å². The Labute approximate surface area is 224 Å². The zero-order valence-corrected chi connectivity index (χ0v) is 21.6. The number of benzene rings is 3. The number of hydrogen-bond donors (Lipinski definition) is 2. The quantitative estimate of drug-likeness (QED) is 0.228. The summed E-state index contributed by atoms with van der Waals surface area (Å²) in [6.07, 6.45) is 2.92. The smallest absolute Gasteiger partial charge is 0.273 e. The van der Waals surface area contributed by atoms with Gasteiger partial charge in [-0.1, -0.05) is 61.0 Å². The SMILES string of the molecule is CCC(F)(F)c1ccc(CC(=O)Nc2ccc(-c3nccnc3NC(C)c3ccc(F)cc3Cl)cc2)cc1. The zero-order valence-electron chi connectivity index (χ0n) is 20.8. The first-order valence-corrected chi connectivity index (χ1v) is 12.4. The molecule has 3 aromatic carbocycles. The molecule has 38 heavy (non-hydrogen) atoms. The number of carbonyl (C=O) groups is 1. The molecule has 0 radical (unpaired) electrons. The van der Waals surface area contributed by atoms with Gasteiger partial charge in [0, 0.05) is 40.7 Å². The third kappa shape index (κ3) is 6.50. The van der Waals surface area contributed by atoms with Crippen LogP contribution in [0, 0.1) is 5.82 Å². The monoisotopic (exact) mass is 538 g/mol. The number of carbonyl (C=O) groups excluding carboxylic acids is 1. The number of nitrogens with zero attached hydrogens (tertiary/aromatic N) is 2. The van der Waals surface area contributed by atoms with Gasteiger partial charge in [-0.25, -0.2) is 18.2 Å². The number of aromatic nitrogens is 2. The lowest BCUT2D eigenvalue weighted by molar-refractivity contribution is -0.115. The van der Waals surface area contributed by atoms with Crippen molar-refractivity contribution < 1.29 is 18.0 Å². The summed E-state index contributed by atoms with van der Waals surface area (Å²) in [4.78, 5) is 21.4. The van der Waals surface area contributed by atoms with E-state index in [0.717, 1.165) is 11.1 Å². The van der Waals surface area contributed by atoms with Crippen LogP contribution in [0.4, 0.5) is 24.7 Å². The molecule has 2 N–H and O–H groups in total. The van der Waals surface area contributed by atoms with E-state index in [2.05, 4.69) is 20.6 Å². The van der Waals surface area contributed by atoms with Crippen LogP contribution in [0.1, 0.15) is 43.0 Å². The highest BCUT2D eigenvalue weighted by Crippen LogP contribution is 2.32. The number of halogens is 4. The van der Waals surface area contributed by atoms with E-state index in [4.69, 9.17) is 11.6 Å². The second kappa shape index (κ2) is 11.6. The number of alkyl halides is 2. The molecule has 1 heterocycles. The molecule has 0 fully saturated rings. The molecule has 1 atom stereocenters. The number of rotatable bonds is 9. The van der Waals surface area contributed by atoms with E-state index in [1.165, 1.54) is 31.2 Å². The van der Waals surface area contributed by atoms with Crippen LogP contribution in [0.5, 0.6) is 0 Å². The molecule has 0 saturated heterocycles. The van der Waals surface area contributed by atoms with Crippen molar-refractivity contribution in [2.45, 2.75) is 38.7 Å². The largest absolute Gasteiger partial charge is 0.362 e. The highest BCUT2D eigenvalue weighted by atomic mass is 35.5. The summed E-state index contributed by atoms with van der Waals surface area (Å²) < 4.78 is 41.0. The molecule has 0 spiro atoms. The molecule has 1 amide bonds. The van der Waals surface area contributed by atoms with E-state index in [1.54, 1.807) is 42.7 Å². The maximum atomic E-state index is 13.8. The molecular weight excluding hydrogens is 513 g/mol. The summed E-state index contributed by atoms with van der Waals surface area (Å²) in [7, 11) is 0. The van der Waals surface area contributed by atoms with Crippen molar-refractivity contribution in [3.05, 3.63) is 107 Å². The van der Waals surface area contributed by atoms with Crippen LogP contribution < -0.4 is 10.6 Å². The Morgan fingerprint density at radius 1 is 1.00 bits per heavy atom. The molecule has 9 heteroatoms. The summed E-state index contributed by atoms with van der Waals surface area (Å²) in [5.74, 6) is -3.03. The Hall–Kier alpha value is -3.91. The van der Waals surface area contributed by atoms with Crippen LogP contribution in [-0.4, -0.2) is 15.9 Å². The Morgan fingerprint density at radius 2 is 1.68 bits per heavy atom. The van der Waals surface area contributed by atoms with Crippen molar-refractivity contribution in [1.82, 2.24) is 9.97 Å². The van der Waals surface area contributed by atoms with Gasteiger partial charge in [0.15, 0.2) is 5.82 Å². The lowest BCUT2D eigenvalue weighted by atomic mass is 10.0. The van der Waals surface area contributed by atoms with Crippen molar-refractivity contribution >= 4 is 29.0 Å². The second-order valence-corrected chi connectivity index (χ2v) is 9.25. The van der Waals surface area contributed by atoms with Gasteiger partial charge in [0.05, 0.1) is 12.5 Å². The van der Waals surface area contributed by atoms with E-state index in [1.807, 2.05) is 19.1 Å². The summed E-state index contributed by atoms with van der Waals surface area (Å²) in [6.45, 7) is 3.32. The van der Waals surface area contributed by atoms with Crippen molar-refractivity contribution in [3.8, 4) is 11.3 Å². The molecule has 0 saturated carbocycles. The third-order valence-corrected chi connectivity index (χ3v) is 6.43. The summed E-state index contributed by atoms with van der Waals surface area (Å²) >= 11 is 6.21. The van der Waals surface area contributed by atoms with Gasteiger partial charge in [-0.2, -0.15) is 0 Å². The normalized spacial score (nSPS) is 12.2. The first-order chi connectivity index (χ1) is 18.2. The van der Waals surface area contributed by atoms with Crippen LogP contribution in [-0.2, 0) is 17.1 Å². The van der Waals surface area contributed by atoms with Gasteiger partial charge < -0.3 is 10.6 Å². The van der Waals surface area contributed by atoms with Gasteiger partial charge in [0.25, 0.3) is 5.92 Å². The molecule has 4 aromatic rings. The highest BCUT2D eigenvalue weighted by molar-refractivity contribution is 6.31. The predicted molar refractivity (Wildman–Crippen MR) is 144 cm³/mol. The summed E-state index contributed by atoms with van der Waals surface area (Å²) in [6, 6.07) is 16.9. The standard InChI is InChI=1S/C29H26ClF3N4O/c1-3-29(32,33)21-8-4-19(5-9-21)16-26(38)37-23-11-6-20(7-12-23)27-28(35-15-14-34-27)36-18(2)24-13-10-22(31)17-25(24)30/h4-15,17-18H,3,16H2,1-2H3,(H,35,36)(H,37,38). The fraction of sp³-hybridized carbons (Fsp3) is 0.207. The average molecular weight is 539 g/mol. The van der Waals surface area contributed by atoms with Gasteiger partial charge in [0.1, 0.15) is 11.5 Å². The molecule has 0 aliphatic carbocycles. The number of nitrogens with one attached hydrogen (secondary N) is 2.